The molecule has 0 aliphatic heterocycles. The fourth-order valence-corrected chi connectivity index (χ4v) is 2.35. The molecule has 134 valence electrons. The molecule has 26 heavy (non-hydrogen) atoms. The van der Waals surface area contributed by atoms with E-state index in [2.05, 4.69) is 25.6 Å². The van der Waals surface area contributed by atoms with E-state index in [9.17, 15) is 0 Å². The Morgan fingerprint density at radius 3 is 2.38 bits per heavy atom. The number of anilines is 5. The van der Waals surface area contributed by atoms with Crippen LogP contribution in [0.15, 0.2) is 42.9 Å². The molecular formula is C18H20N6O2. The molecule has 8 heteroatoms. The topological polar surface area (TPSA) is 107 Å². The van der Waals surface area contributed by atoms with Crippen molar-refractivity contribution in [1.82, 2.24) is 15.0 Å². The van der Waals surface area contributed by atoms with Crippen LogP contribution in [-0.4, -0.2) is 29.2 Å². The summed E-state index contributed by atoms with van der Waals surface area (Å²) in [6.07, 6.45) is 3.13. The third-order valence-corrected chi connectivity index (χ3v) is 3.79. The summed E-state index contributed by atoms with van der Waals surface area (Å²) in [4.78, 5) is 12.7. The summed E-state index contributed by atoms with van der Waals surface area (Å²) >= 11 is 0. The number of aromatic nitrogens is 3. The van der Waals surface area contributed by atoms with Crippen LogP contribution in [0.1, 0.15) is 5.56 Å². The molecule has 2 heterocycles. The summed E-state index contributed by atoms with van der Waals surface area (Å²) in [7, 11) is 3.18. The monoisotopic (exact) mass is 352 g/mol. The van der Waals surface area contributed by atoms with E-state index in [4.69, 9.17) is 15.2 Å². The van der Waals surface area contributed by atoms with Gasteiger partial charge in [-0.15, -0.1) is 0 Å². The fraction of sp³-hybridized carbons (Fsp3) is 0.167. The Bertz CT molecular complexity index is 916. The number of pyridine rings is 1. The van der Waals surface area contributed by atoms with Gasteiger partial charge in [-0.05, 0) is 30.7 Å². The van der Waals surface area contributed by atoms with Gasteiger partial charge in [0.1, 0.15) is 29.3 Å². The molecule has 0 aliphatic carbocycles. The third kappa shape index (κ3) is 3.59. The molecular weight excluding hydrogens is 332 g/mol. The van der Waals surface area contributed by atoms with Gasteiger partial charge in [0.15, 0.2) is 11.6 Å². The Labute approximate surface area is 151 Å². The molecule has 1 aromatic carbocycles. The van der Waals surface area contributed by atoms with Crippen LogP contribution in [0, 0.1) is 6.92 Å². The van der Waals surface area contributed by atoms with Crippen LogP contribution in [0.4, 0.5) is 28.8 Å². The standard InChI is InChI=1S/C18H20N6O2/c1-11-5-4-8-20-16(11)24-18-15(19)17(21-10-22-18)23-13-7-6-12(25-2)9-14(13)26-3/h4-10H,19H2,1-3H3,(H2,20,21,22,23,24). The predicted octanol–water partition coefficient (Wildman–Crippen LogP) is 3.27. The molecule has 0 unspecified atom stereocenters. The van der Waals surface area contributed by atoms with Gasteiger partial charge in [0, 0.05) is 12.3 Å². The van der Waals surface area contributed by atoms with Crippen LogP contribution in [0.2, 0.25) is 0 Å². The number of rotatable bonds is 6. The van der Waals surface area contributed by atoms with Crippen molar-refractivity contribution in [2.45, 2.75) is 6.92 Å². The van der Waals surface area contributed by atoms with Gasteiger partial charge in [-0.2, -0.15) is 0 Å². The van der Waals surface area contributed by atoms with E-state index < -0.39 is 0 Å². The predicted molar refractivity (Wildman–Crippen MR) is 102 cm³/mol. The summed E-state index contributed by atoms with van der Waals surface area (Å²) in [6.45, 7) is 1.95. The first-order chi connectivity index (χ1) is 12.6. The molecule has 0 fully saturated rings. The highest BCUT2D eigenvalue weighted by Crippen LogP contribution is 2.34. The van der Waals surface area contributed by atoms with Crippen molar-refractivity contribution >= 4 is 28.8 Å². The molecule has 8 nitrogen and oxygen atoms in total. The summed E-state index contributed by atoms with van der Waals surface area (Å²) in [5.41, 5.74) is 8.29. The summed E-state index contributed by atoms with van der Waals surface area (Å²) in [6, 6.07) is 9.24. The van der Waals surface area contributed by atoms with Crippen molar-refractivity contribution in [2.24, 2.45) is 0 Å². The molecule has 4 N–H and O–H groups in total. The van der Waals surface area contributed by atoms with Crippen molar-refractivity contribution in [3.63, 3.8) is 0 Å². The minimum absolute atomic E-state index is 0.371. The molecule has 3 aromatic rings. The van der Waals surface area contributed by atoms with Gasteiger partial charge in [-0.25, -0.2) is 15.0 Å². The molecule has 0 saturated heterocycles. The van der Waals surface area contributed by atoms with E-state index in [1.165, 1.54) is 6.33 Å². The highest BCUT2D eigenvalue weighted by atomic mass is 16.5. The van der Waals surface area contributed by atoms with Gasteiger partial charge in [-0.3, -0.25) is 0 Å². The third-order valence-electron chi connectivity index (χ3n) is 3.79. The van der Waals surface area contributed by atoms with Gasteiger partial charge >= 0.3 is 0 Å². The van der Waals surface area contributed by atoms with E-state index in [0.717, 1.165) is 5.56 Å². The number of aryl methyl sites for hydroxylation is 1. The lowest BCUT2D eigenvalue weighted by Crippen LogP contribution is -2.07. The van der Waals surface area contributed by atoms with Crippen LogP contribution in [0.25, 0.3) is 0 Å². The van der Waals surface area contributed by atoms with Crippen LogP contribution in [0.5, 0.6) is 11.5 Å². The van der Waals surface area contributed by atoms with Crippen molar-refractivity contribution in [2.75, 3.05) is 30.6 Å². The van der Waals surface area contributed by atoms with Gasteiger partial charge < -0.3 is 25.8 Å². The number of nitrogens with zero attached hydrogens (tertiary/aromatic N) is 3. The first-order valence-electron chi connectivity index (χ1n) is 7.90. The Hall–Kier alpha value is -3.55. The summed E-state index contributed by atoms with van der Waals surface area (Å²) in [5, 5.41) is 6.30. The Morgan fingerprint density at radius 2 is 1.69 bits per heavy atom. The number of methoxy groups -OCH3 is 2. The maximum absolute atomic E-state index is 6.23. The summed E-state index contributed by atoms with van der Waals surface area (Å²) in [5.74, 6) is 2.91. The van der Waals surface area contributed by atoms with Gasteiger partial charge in [0.2, 0.25) is 0 Å². The van der Waals surface area contributed by atoms with E-state index in [1.54, 1.807) is 26.5 Å². The maximum Gasteiger partial charge on any atom is 0.160 e. The minimum Gasteiger partial charge on any atom is -0.497 e. The van der Waals surface area contributed by atoms with Crippen molar-refractivity contribution < 1.29 is 9.47 Å². The van der Waals surface area contributed by atoms with Crippen LogP contribution in [-0.2, 0) is 0 Å². The van der Waals surface area contributed by atoms with Crippen molar-refractivity contribution in [3.8, 4) is 11.5 Å². The molecule has 0 saturated carbocycles. The first-order valence-corrected chi connectivity index (χ1v) is 7.90. The number of nitrogens with one attached hydrogen (secondary N) is 2. The molecule has 0 amide bonds. The molecule has 0 bridgehead atoms. The largest absolute Gasteiger partial charge is 0.497 e. The lowest BCUT2D eigenvalue weighted by molar-refractivity contribution is 0.395. The number of hydrogen-bond acceptors (Lipinski definition) is 8. The van der Waals surface area contributed by atoms with Crippen molar-refractivity contribution in [1.29, 1.82) is 0 Å². The average molecular weight is 352 g/mol. The van der Waals surface area contributed by atoms with Gasteiger partial charge in [-0.1, -0.05) is 6.07 Å². The van der Waals surface area contributed by atoms with E-state index in [0.29, 0.717) is 40.3 Å². The fourth-order valence-electron chi connectivity index (χ4n) is 2.35. The Morgan fingerprint density at radius 1 is 0.923 bits per heavy atom. The van der Waals surface area contributed by atoms with Crippen LogP contribution >= 0.6 is 0 Å². The first kappa shape index (κ1) is 17.3. The molecule has 2 aromatic heterocycles. The smallest absolute Gasteiger partial charge is 0.160 e. The number of benzene rings is 1. The SMILES string of the molecule is COc1ccc(Nc2ncnc(Nc3ncccc3C)c2N)c(OC)c1. The molecule has 0 atom stereocenters. The highest BCUT2D eigenvalue weighted by Gasteiger charge is 2.12. The number of ether oxygens (including phenoxy) is 2. The van der Waals surface area contributed by atoms with Crippen LogP contribution < -0.4 is 25.8 Å². The van der Waals surface area contributed by atoms with Gasteiger partial charge in [0.05, 0.1) is 19.9 Å². The number of nitrogen functional groups attached to an aromatic ring is 1. The average Bonchev–Trinajstić information content (AvgIpc) is 2.67. The molecule has 0 spiro atoms. The zero-order valence-corrected chi connectivity index (χ0v) is 14.8. The second kappa shape index (κ2) is 7.56. The molecule has 0 aliphatic rings. The lowest BCUT2D eigenvalue weighted by Gasteiger charge is -2.15. The second-order valence-electron chi connectivity index (χ2n) is 5.47. The van der Waals surface area contributed by atoms with Gasteiger partial charge in [0.25, 0.3) is 0 Å². The normalized spacial score (nSPS) is 10.3. The van der Waals surface area contributed by atoms with E-state index >= 15 is 0 Å². The van der Waals surface area contributed by atoms with E-state index in [-0.39, 0.29) is 0 Å². The Kier molecular flexibility index (Phi) is 5.02. The van der Waals surface area contributed by atoms with E-state index in [1.807, 2.05) is 31.2 Å². The number of nitrogens with two attached hydrogens (primary N) is 1. The quantitative estimate of drug-likeness (QED) is 0.620. The maximum atomic E-state index is 6.23. The van der Waals surface area contributed by atoms with Crippen LogP contribution in [0.3, 0.4) is 0 Å². The van der Waals surface area contributed by atoms with Crippen molar-refractivity contribution in [3.05, 3.63) is 48.4 Å². The molecule has 3 rings (SSSR count). The number of hydrogen-bond donors (Lipinski definition) is 3. The molecule has 0 radical (unpaired) electrons. The lowest BCUT2D eigenvalue weighted by atomic mass is 10.2. The zero-order valence-electron chi connectivity index (χ0n) is 14.8. The second-order valence-corrected chi connectivity index (χ2v) is 5.47. The Balaban J connectivity index is 1.89. The zero-order chi connectivity index (χ0) is 18.5. The highest BCUT2D eigenvalue weighted by molar-refractivity contribution is 5.81. The summed E-state index contributed by atoms with van der Waals surface area (Å²) < 4.78 is 10.6. The minimum atomic E-state index is 0.371.